The Balaban J connectivity index is 1.57. The predicted molar refractivity (Wildman–Crippen MR) is 108 cm³/mol. The SMILES string of the molecule is CCCCOc1ccc(NC(=O)CSc2c([O-])on[n+]2-c2ccc(C)cc2)cc1. The summed E-state index contributed by atoms with van der Waals surface area (Å²) in [6.45, 7) is 4.76. The van der Waals surface area contributed by atoms with Gasteiger partial charge in [0.25, 0.3) is 5.03 Å². The van der Waals surface area contributed by atoms with E-state index in [1.54, 1.807) is 12.1 Å². The molecule has 0 fully saturated rings. The third-order valence-corrected chi connectivity index (χ3v) is 5.12. The third-order valence-electron chi connectivity index (χ3n) is 4.10. The summed E-state index contributed by atoms with van der Waals surface area (Å²) >= 11 is 1.08. The molecule has 0 radical (unpaired) electrons. The summed E-state index contributed by atoms with van der Waals surface area (Å²) in [6, 6.07) is 14.7. The highest BCUT2D eigenvalue weighted by molar-refractivity contribution is 7.99. The van der Waals surface area contributed by atoms with Crippen molar-refractivity contribution in [1.82, 2.24) is 5.27 Å². The second-order valence-electron chi connectivity index (χ2n) is 6.48. The van der Waals surface area contributed by atoms with E-state index in [4.69, 9.17) is 9.26 Å². The molecular weight excluding hydrogens is 390 g/mol. The lowest BCUT2D eigenvalue weighted by Crippen LogP contribution is -2.35. The third kappa shape index (κ3) is 5.74. The highest BCUT2D eigenvalue weighted by Crippen LogP contribution is 2.24. The molecule has 1 heterocycles. The fourth-order valence-corrected chi connectivity index (χ4v) is 3.27. The van der Waals surface area contributed by atoms with E-state index in [-0.39, 0.29) is 16.7 Å². The first-order valence-corrected chi connectivity index (χ1v) is 10.4. The van der Waals surface area contributed by atoms with Gasteiger partial charge in [-0.1, -0.05) is 31.0 Å². The van der Waals surface area contributed by atoms with E-state index in [9.17, 15) is 9.90 Å². The fourth-order valence-electron chi connectivity index (χ4n) is 2.51. The summed E-state index contributed by atoms with van der Waals surface area (Å²) < 4.78 is 11.8. The molecule has 0 saturated carbocycles. The Labute approximate surface area is 173 Å². The van der Waals surface area contributed by atoms with Crippen molar-refractivity contribution in [2.24, 2.45) is 0 Å². The minimum atomic E-state index is -0.572. The summed E-state index contributed by atoms with van der Waals surface area (Å²) in [4.78, 5) is 12.3. The molecule has 29 heavy (non-hydrogen) atoms. The second kappa shape index (κ2) is 9.97. The van der Waals surface area contributed by atoms with Gasteiger partial charge in [-0.05, 0) is 54.1 Å². The number of carbonyl (C=O) groups is 1. The number of ether oxygens (including phenoxy) is 1. The smallest absolute Gasteiger partial charge is 0.298 e. The summed E-state index contributed by atoms with van der Waals surface area (Å²) in [5.41, 5.74) is 2.45. The van der Waals surface area contributed by atoms with Gasteiger partial charge < -0.3 is 19.7 Å². The number of benzene rings is 2. The molecule has 3 aromatic rings. The van der Waals surface area contributed by atoms with Gasteiger partial charge in [0, 0.05) is 17.8 Å². The van der Waals surface area contributed by atoms with Gasteiger partial charge >= 0.3 is 0 Å². The summed E-state index contributed by atoms with van der Waals surface area (Å²) in [7, 11) is 0. The zero-order chi connectivity index (χ0) is 20.6. The van der Waals surface area contributed by atoms with E-state index >= 15 is 0 Å². The zero-order valence-electron chi connectivity index (χ0n) is 16.4. The van der Waals surface area contributed by atoms with Gasteiger partial charge in [-0.25, -0.2) is 0 Å². The number of hydrogen-bond acceptors (Lipinski definition) is 6. The Bertz CT molecular complexity index is 940. The number of carbonyl (C=O) groups excluding carboxylic acids is 1. The summed E-state index contributed by atoms with van der Waals surface area (Å²) in [5, 5.41) is 18.8. The standard InChI is InChI=1S/C21H23N3O4S/c1-3-4-13-27-18-11-7-16(8-12-18)22-19(25)14-29-20-21(26)28-23-24(20)17-9-5-15(2)6-10-17/h5-12H,3-4,13-14H2,1-2H3,(H-,22,23,25,26). The van der Waals surface area contributed by atoms with Crippen LogP contribution in [0.2, 0.25) is 0 Å². The van der Waals surface area contributed by atoms with Crippen molar-refractivity contribution in [2.75, 3.05) is 17.7 Å². The van der Waals surface area contributed by atoms with Crippen molar-refractivity contribution >= 4 is 23.4 Å². The van der Waals surface area contributed by atoms with Crippen LogP contribution in [-0.2, 0) is 4.79 Å². The Morgan fingerprint density at radius 3 is 2.62 bits per heavy atom. The number of nitrogens with one attached hydrogen (secondary N) is 1. The van der Waals surface area contributed by atoms with Crippen molar-refractivity contribution in [3.63, 3.8) is 0 Å². The van der Waals surface area contributed by atoms with Crippen LogP contribution in [0.3, 0.4) is 0 Å². The number of rotatable bonds is 9. The first-order chi connectivity index (χ1) is 14.1. The van der Waals surface area contributed by atoms with Crippen LogP contribution in [0.1, 0.15) is 25.3 Å². The van der Waals surface area contributed by atoms with Crippen LogP contribution < -0.4 is 19.8 Å². The first kappa shape index (κ1) is 20.7. The lowest BCUT2D eigenvalue weighted by molar-refractivity contribution is -0.705. The molecular formula is C21H23N3O4S. The number of anilines is 1. The van der Waals surface area contributed by atoms with E-state index in [0.717, 1.165) is 35.9 Å². The van der Waals surface area contributed by atoms with Crippen LogP contribution in [-0.4, -0.2) is 23.5 Å². The fraction of sp³-hybridized carbons (Fsp3) is 0.286. The molecule has 0 atom stereocenters. The molecule has 2 aromatic carbocycles. The monoisotopic (exact) mass is 413 g/mol. The molecule has 1 N–H and O–H groups in total. The van der Waals surface area contributed by atoms with Gasteiger partial charge in [0.1, 0.15) is 5.75 Å². The number of aryl methyl sites for hydroxylation is 1. The van der Waals surface area contributed by atoms with E-state index in [1.165, 1.54) is 4.68 Å². The molecule has 3 rings (SSSR count). The molecule has 0 aliphatic heterocycles. The molecule has 0 bridgehead atoms. The van der Waals surface area contributed by atoms with Crippen molar-refractivity contribution in [2.45, 2.75) is 31.7 Å². The number of amides is 1. The quantitative estimate of drug-likeness (QED) is 0.329. The second-order valence-corrected chi connectivity index (χ2v) is 7.44. The van der Waals surface area contributed by atoms with E-state index in [0.29, 0.717) is 18.0 Å². The summed E-state index contributed by atoms with van der Waals surface area (Å²) in [6.07, 6.45) is 2.08. The van der Waals surface area contributed by atoms with Crippen LogP contribution in [0.25, 0.3) is 5.69 Å². The van der Waals surface area contributed by atoms with Gasteiger partial charge in [0.2, 0.25) is 11.6 Å². The number of thioether (sulfide) groups is 1. The predicted octanol–water partition coefficient (Wildman–Crippen LogP) is 3.24. The van der Waals surface area contributed by atoms with Crippen molar-refractivity contribution in [3.05, 3.63) is 54.1 Å². The van der Waals surface area contributed by atoms with Gasteiger partial charge in [0.15, 0.2) is 5.95 Å². The molecule has 8 heteroatoms. The topological polar surface area (TPSA) is 91.3 Å². The lowest BCUT2D eigenvalue weighted by atomic mass is 10.2. The summed E-state index contributed by atoms with van der Waals surface area (Å²) in [5.74, 6) is 0.0185. The molecule has 1 aromatic heterocycles. The normalized spacial score (nSPS) is 10.7. The number of unbranched alkanes of at least 4 members (excludes halogenated alkanes) is 1. The Morgan fingerprint density at radius 2 is 1.93 bits per heavy atom. The van der Waals surface area contributed by atoms with Crippen molar-refractivity contribution in [3.8, 4) is 17.4 Å². The Morgan fingerprint density at radius 1 is 1.21 bits per heavy atom. The highest BCUT2D eigenvalue weighted by atomic mass is 32.2. The highest BCUT2D eigenvalue weighted by Gasteiger charge is 2.22. The number of aromatic nitrogens is 2. The molecule has 1 amide bonds. The van der Waals surface area contributed by atoms with Gasteiger partial charge in [-0.3, -0.25) is 4.79 Å². The number of nitrogens with zero attached hydrogens (tertiary/aromatic N) is 2. The average Bonchev–Trinajstić information content (AvgIpc) is 3.09. The van der Waals surface area contributed by atoms with Gasteiger partial charge in [-0.15, -0.1) is 0 Å². The van der Waals surface area contributed by atoms with Crippen LogP contribution in [0.4, 0.5) is 5.69 Å². The van der Waals surface area contributed by atoms with Crippen molar-refractivity contribution < 1.29 is 23.8 Å². The molecule has 7 nitrogen and oxygen atoms in total. The average molecular weight is 413 g/mol. The van der Waals surface area contributed by atoms with E-state index < -0.39 is 5.95 Å². The molecule has 152 valence electrons. The maximum absolute atomic E-state index is 12.3. The number of hydrogen-bond donors (Lipinski definition) is 1. The minimum Gasteiger partial charge on any atom is -0.538 e. The van der Waals surface area contributed by atoms with Crippen LogP contribution in [0.5, 0.6) is 11.7 Å². The zero-order valence-corrected chi connectivity index (χ0v) is 17.2. The van der Waals surface area contributed by atoms with Crippen LogP contribution >= 0.6 is 11.8 Å². The maximum Gasteiger partial charge on any atom is 0.298 e. The first-order valence-electron chi connectivity index (χ1n) is 9.38. The largest absolute Gasteiger partial charge is 0.538 e. The molecule has 0 aliphatic carbocycles. The molecule has 0 unspecified atom stereocenters. The molecule has 0 spiro atoms. The van der Waals surface area contributed by atoms with Crippen LogP contribution in [0.15, 0.2) is 58.1 Å². The van der Waals surface area contributed by atoms with Gasteiger partial charge in [0.05, 0.1) is 17.6 Å². The van der Waals surface area contributed by atoms with E-state index in [1.807, 2.05) is 43.3 Å². The molecule has 0 saturated heterocycles. The maximum atomic E-state index is 12.3. The minimum absolute atomic E-state index is 0.0526. The van der Waals surface area contributed by atoms with Crippen LogP contribution in [0, 0.1) is 6.92 Å². The van der Waals surface area contributed by atoms with Crippen molar-refractivity contribution in [1.29, 1.82) is 0 Å². The molecule has 0 aliphatic rings. The Kier molecular flexibility index (Phi) is 7.13. The van der Waals surface area contributed by atoms with E-state index in [2.05, 4.69) is 17.5 Å². The lowest BCUT2D eigenvalue weighted by Gasteiger charge is -2.07. The Hall–Kier alpha value is -3.00. The van der Waals surface area contributed by atoms with Gasteiger partial charge in [-0.2, -0.15) is 0 Å².